The molecule has 164 valence electrons. The zero-order valence-corrected chi connectivity index (χ0v) is 21.6. The Labute approximate surface area is 210 Å². The van der Waals surface area contributed by atoms with Crippen LogP contribution in [-0.4, -0.2) is 6.71 Å². The fraction of sp³-hybridized carbons (Fsp3) is 0.125. The molecule has 34 heavy (non-hydrogen) atoms. The molecule has 0 saturated carbocycles. The minimum Gasteiger partial charge on any atom is -0.0657 e. The number of hydrogen-bond acceptors (Lipinski definition) is 0. The normalized spacial score (nSPS) is 11.7. The first-order chi connectivity index (χ1) is 16.5. The predicted octanol–water partition coefficient (Wildman–Crippen LogP) is 7.10. The maximum absolute atomic E-state index is 3.80. The molecule has 0 aliphatic carbocycles. The van der Waals surface area contributed by atoms with Crippen molar-refractivity contribution in [2.45, 2.75) is 27.7 Å². The van der Waals surface area contributed by atoms with Crippen molar-refractivity contribution in [1.29, 1.82) is 0 Å². The lowest BCUT2D eigenvalue weighted by Crippen LogP contribution is -2.56. The van der Waals surface area contributed by atoms with Crippen LogP contribution in [0.5, 0.6) is 0 Å². The van der Waals surface area contributed by atoms with Gasteiger partial charge in [0, 0.05) is 4.47 Å². The highest BCUT2D eigenvalue weighted by Crippen LogP contribution is 2.37. The highest BCUT2D eigenvalue weighted by Gasteiger charge is 2.29. The Morgan fingerprint density at radius 1 is 0.500 bits per heavy atom. The third-order valence-corrected chi connectivity index (χ3v) is 8.31. The van der Waals surface area contributed by atoms with E-state index in [2.05, 4.69) is 129 Å². The van der Waals surface area contributed by atoms with Gasteiger partial charge in [0.1, 0.15) is 0 Å². The number of benzene rings is 6. The average molecular weight is 501 g/mol. The SMILES string of the molecule is Cc1cccc(C)c1B(c1c(C)cccc1C)c1ccc2ccc3c(Br)ccc4ccc1c2c43. The summed E-state index contributed by atoms with van der Waals surface area (Å²) in [5, 5.41) is 7.96. The Kier molecular flexibility index (Phi) is 5.04. The van der Waals surface area contributed by atoms with E-state index in [1.54, 1.807) is 0 Å². The van der Waals surface area contributed by atoms with E-state index in [0.717, 1.165) is 4.47 Å². The van der Waals surface area contributed by atoms with E-state index in [-0.39, 0.29) is 6.71 Å². The molecule has 0 heterocycles. The van der Waals surface area contributed by atoms with Gasteiger partial charge >= 0.3 is 0 Å². The monoisotopic (exact) mass is 500 g/mol. The summed E-state index contributed by atoms with van der Waals surface area (Å²) in [4.78, 5) is 0. The van der Waals surface area contributed by atoms with E-state index < -0.39 is 0 Å². The van der Waals surface area contributed by atoms with E-state index in [1.807, 2.05) is 0 Å². The molecular formula is C32H26BBr. The topological polar surface area (TPSA) is 0 Å². The molecule has 0 radical (unpaired) electrons. The van der Waals surface area contributed by atoms with Crippen molar-refractivity contribution < 1.29 is 0 Å². The van der Waals surface area contributed by atoms with Crippen molar-refractivity contribution >= 4 is 71.3 Å². The third-order valence-electron chi connectivity index (χ3n) is 7.62. The molecule has 0 aliphatic rings. The van der Waals surface area contributed by atoms with Crippen LogP contribution in [0.4, 0.5) is 0 Å². The second kappa shape index (κ2) is 7.99. The van der Waals surface area contributed by atoms with Crippen molar-refractivity contribution in [3.63, 3.8) is 0 Å². The molecule has 6 aromatic carbocycles. The number of hydrogen-bond donors (Lipinski definition) is 0. The zero-order valence-electron chi connectivity index (χ0n) is 20.0. The van der Waals surface area contributed by atoms with Gasteiger partial charge in [-0.3, -0.25) is 0 Å². The van der Waals surface area contributed by atoms with Crippen LogP contribution in [0.1, 0.15) is 22.3 Å². The number of rotatable bonds is 3. The summed E-state index contributed by atoms with van der Waals surface area (Å²) in [7, 11) is 0. The summed E-state index contributed by atoms with van der Waals surface area (Å²) in [5.41, 5.74) is 9.63. The summed E-state index contributed by atoms with van der Waals surface area (Å²) in [6.45, 7) is 9.22. The Hall–Kier alpha value is -3.10. The summed E-state index contributed by atoms with van der Waals surface area (Å²) < 4.78 is 1.15. The molecule has 0 atom stereocenters. The minimum absolute atomic E-state index is 0.176. The largest absolute Gasteiger partial charge is 0.243 e. The van der Waals surface area contributed by atoms with Crippen molar-refractivity contribution in [2.75, 3.05) is 0 Å². The first-order valence-electron chi connectivity index (χ1n) is 11.9. The van der Waals surface area contributed by atoms with Crippen LogP contribution in [-0.2, 0) is 0 Å². The molecule has 0 aromatic heterocycles. The second-order valence-electron chi connectivity index (χ2n) is 9.67. The van der Waals surface area contributed by atoms with Crippen LogP contribution >= 0.6 is 15.9 Å². The van der Waals surface area contributed by atoms with E-state index in [1.165, 1.54) is 71.0 Å². The lowest BCUT2D eigenvalue weighted by atomic mass is 9.33. The highest BCUT2D eigenvalue weighted by molar-refractivity contribution is 9.10. The van der Waals surface area contributed by atoms with Crippen LogP contribution in [0.3, 0.4) is 0 Å². The van der Waals surface area contributed by atoms with E-state index in [0.29, 0.717) is 0 Å². The molecular weight excluding hydrogens is 475 g/mol. The Balaban J connectivity index is 1.79. The molecule has 0 N–H and O–H groups in total. The van der Waals surface area contributed by atoms with E-state index >= 15 is 0 Å². The zero-order chi connectivity index (χ0) is 23.6. The summed E-state index contributed by atoms with van der Waals surface area (Å²) in [5.74, 6) is 0. The molecule has 2 heteroatoms. The number of halogens is 1. The van der Waals surface area contributed by atoms with Gasteiger partial charge in [-0.1, -0.05) is 133 Å². The van der Waals surface area contributed by atoms with Crippen molar-refractivity contribution in [2.24, 2.45) is 0 Å². The van der Waals surface area contributed by atoms with Gasteiger partial charge in [-0.15, -0.1) is 0 Å². The quantitative estimate of drug-likeness (QED) is 0.179. The van der Waals surface area contributed by atoms with Crippen LogP contribution in [0.25, 0.3) is 32.3 Å². The summed E-state index contributed by atoms with van der Waals surface area (Å²) in [6.07, 6.45) is 0. The lowest BCUT2D eigenvalue weighted by molar-refractivity contribution is 1.41. The van der Waals surface area contributed by atoms with E-state index in [4.69, 9.17) is 0 Å². The van der Waals surface area contributed by atoms with Gasteiger partial charge in [0.25, 0.3) is 0 Å². The van der Waals surface area contributed by atoms with Gasteiger partial charge in [0.15, 0.2) is 0 Å². The molecule has 0 spiro atoms. The maximum atomic E-state index is 3.80. The average Bonchev–Trinajstić information content (AvgIpc) is 2.82. The first-order valence-corrected chi connectivity index (χ1v) is 12.7. The Morgan fingerprint density at radius 2 is 0.941 bits per heavy atom. The molecule has 0 saturated heterocycles. The van der Waals surface area contributed by atoms with Crippen molar-refractivity contribution in [3.8, 4) is 0 Å². The molecule has 0 amide bonds. The smallest absolute Gasteiger partial charge is 0.0657 e. The highest BCUT2D eigenvalue weighted by atomic mass is 79.9. The van der Waals surface area contributed by atoms with Gasteiger partial charge in [-0.25, -0.2) is 0 Å². The third kappa shape index (κ3) is 3.12. The van der Waals surface area contributed by atoms with Gasteiger partial charge in [0.05, 0.1) is 0 Å². The van der Waals surface area contributed by atoms with Crippen molar-refractivity contribution in [3.05, 3.63) is 112 Å². The molecule has 0 nitrogen and oxygen atoms in total. The molecule has 0 fully saturated rings. The summed E-state index contributed by atoms with van der Waals surface area (Å²) >= 11 is 3.80. The van der Waals surface area contributed by atoms with Crippen LogP contribution in [0, 0.1) is 27.7 Å². The molecule has 6 rings (SSSR count). The maximum Gasteiger partial charge on any atom is 0.243 e. The lowest BCUT2D eigenvalue weighted by Gasteiger charge is -2.25. The first kappa shape index (κ1) is 21.4. The Morgan fingerprint density at radius 3 is 1.50 bits per heavy atom. The predicted molar refractivity (Wildman–Crippen MR) is 154 cm³/mol. The molecule has 6 aromatic rings. The minimum atomic E-state index is 0.176. The van der Waals surface area contributed by atoms with Crippen LogP contribution in [0.15, 0.2) is 89.4 Å². The standard InChI is InChI=1S/C32H26BBr/c1-19-7-5-8-20(2)31(19)33(32-21(3)9-6-10-22(32)4)27-17-13-23-12-16-26-28(34)18-14-24-11-15-25(27)29(23)30(24)26/h5-18H,1-4H3. The van der Waals surface area contributed by atoms with Crippen LogP contribution in [0.2, 0.25) is 0 Å². The second-order valence-corrected chi connectivity index (χ2v) is 10.5. The Bertz CT molecular complexity index is 1620. The molecule has 0 bridgehead atoms. The fourth-order valence-corrected chi connectivity index (χ4v) is 6.52. The summed E-state index contributed by atoms with van der Waals surface area (Å²) in [6, 6.07) is 31.7. The van der Waals surface area contributed by atoms with Gasteiger partial charge in [-0.05, 0) is 66.1 Å². The number of aryl methyl sites for hydroxylation is 4. The van der Waals surface area contributed by atoms with Gasteiger partial charge in [-0.2, -0.15) is 0 Å². The molecule has 0 unspecified atom stereocenters. The van der Waals surface area contributed by atoms with Crippen LogP contribution < -0.4 is 16.4 Å². The van der Waals surface area contributed by atoms with E-state index in [9.17, 15) is 0 Å². The van der Waals surface area contributed by atoms with Gasteiger partial charge in [0.2, 0.25) is 6.71 Å². The van der Waals surface area contributed by atoms with Gasteiger partial charge < -0.3 is 0 Å². The fourth-order valence-electron chi connectivity index (χ4n) is 6.06. The molecule has 0 aliphatic heterocycles. The van der Waals surface area contributed by atoms with Crippen molar-refractivity contribution in [1.82, 2.24) is 0 Å².